The third-order valence-electron chi connectivity index (χ3n) is 4.79. The molecule has 0 spiro atoms. The van der Waals surface area contributed by atoms with E-state index in [9.17, 15) is 13.2 Å². The summed E-state index contributed by atoms with van der Waals surface area (Å²) in [5, 5.41) is 3.31. The summed E-state index contributed by atoms with van der Waals surface area (Å²) < 4.78 is 25.8. The average molecular weight is 437 g/mol. The summed E-state index contributed by atoms with van der Waals surface area (Å²) in [4.78, 5) is 12.8. The van der Waals surface area contributed by atoms with Crippen LogP contribution in [0.3, 0.4) is 0 Å². The zero-order valence-corrected chi connectivity index (χ0v) is 19.3. The van der Waals surface area contributed by atoms with E-state index < -0.39 is 16.1 Å². The predicted molar refractivity (Wildman–Crippen MR) is 120 cm³/mol. The SMILES string of the molecule is C[C@H](C(=O)N[C@H](C)c1ccc(C(C)(C)C)cc1)N(c1cccc(Cl)c1)S(C)(=O)=O. The number of nitrogens with one attached hydrogen (secondary N) is 1. The number of hydrogen-bond acceptors (Lipinski definition) is 3. The molecule has 0 aliphatic heterocycles. The summed E-state index contributed by atoms with van der Waals surface area (Å²) >= 11 is 6.01. The van der Waals surface area contributed by atoms with E-state index in [0.29, 0.717) is 10.7 Å². The van der Waals surface area contributed by atoms with E-state index in [-0.39, 0.29) is 17.4 Å². The Morgan fingerprint density at radius 3 is 2.14 bits per heavy atom. The van der Waals surface area contributed by atoms with Crippen molar-refractivity contribution in [1.29, 1.82) is 0 Å². The van der Waals surface area contributed by atoms with Gasteiger partial charge in [0.25, 0.3) is 0 Å². The van der Waals surface area contributed by atoms with Crippen LogP contribution in [-0.4, -0.2) is 26.6 Å². The number of carbonyl (C=O) groups is 1. The molecule has 7 heteroatoms. The first-order chi connectivity index (χ1) is 13.3. The lowest BCUT2D eigenvalue weighted by molar-refractivity contribution is -0.122. The number of halogens is 1. The molecule has 0 radical (unpaired) electrons. The van der Waals surface area contributed by atoms with E-state index in [4.69, 9.17) is 11.6 Å². The third kappa shape index (κ3) is 5.97. The van der Waals surface area contributed by atoms with Crippen LogP contribution in [0.5, 0.6) is 0 Å². The molecule has 0 fully saturated rings. The van der Waals surface area contributed by atoms with Gasteiger partial charge < -0.3 is 5.32 Å². The Bertz CT molecular complexity index is 966. The maximum absolute atomic E-state index is 12.8. The van der Waals surface area contributed by atoms with Crippen molar-refractivity contribution >= 4 is 33.2 Å². The van der Waals surface area contributed by atoms with Crippen LogP contribution in [0.4, 0.5) is 5.69 Å². The van der Waals surface area contributed by atoms with Gasteiger partial charge >= 0.3 is 0 Å². The minimum Gasteiger partial charge on any atom is -0.348 e. The van der Waals surface area contributed by atoms with Gasteiger partial charge in [0.1, 0.15) is 6.04 Å². The van der Waals surface area contributed by atoms with Crippen molar-refractivity contribution in [2.24, 2.45) is 0 Å². The molecule has 0 heterocycles. The van der Waals surface area contributed by atoms with Crippen molar-refractivity contribution in [1.82, 2.24) is 5.32 Å². The van der Waals surface area contributed by atoms with Crippen LogP contribution >= 0.6 is 11.6 Å². The van der Waals surface area contributed by atoms with Crippen LogP contribution in [0.15, 0.2) is 48.5 Å². The van der Waals surface area contributed by atoms with Crippen LogP contribution in [0.1, 0.15) is 51.8 Å². The van der Waals surface area contributed by atoms with Gasteiger partial charge in [-0.25, -0.2) is 8.42 Å². The summed E-state index contributed by atoms with van der Waals surface area (Å²) in [5.74, 6) is -0.386. The highest BCUT2D eigenvalue weighted by Crippen LogP contribution is 2.26. The van der Waals surface area contributed by atoms with E-state index >= 15 is 0 Å². The quantitative estimate of drug-likeness (QED) is 0.715. The lowest BCUT2D eigenvalue weighted by atomic mass is 9.86. The number of amides is 1. The molecule has 2 atom stereocenters. The highest BCUT2D eigenvalue weighted by atomic mass is 35.5. The van der Waals surface area contributed by atoms with E-state index in [1.165, 1.54) is 11.6 Å². The summed E-state index contributed by atoms with van der Waals surface area (Å²) in [6.45, 7) is 9.87. The molecule has 158 valence electrons. The molecule has 0 aliphatic carbocycles. The zero-order valence-electron chi connectivity index (χ0n) is 17.7. The van der Waals surface area contributed by atoms with Gasteiger partial charge in [0, 0.05) is 5.02 Å². The molecule has 2 rings (SSSR count). The Hall–Kier alpha value is -2.05. The fraction of sp³-hybridized carbons (Fsp3) is 0.409. The Morgan fingerprint density at radius 2 is 1.66 bits per heavy atom. The number of anilines is 1. The van der Waals surface area contributed by atoms with Crippen molar-refractivity contribution in [3.05, 3.63) is 64.7 Å². The van der Waals surface area contributed by atoms with Gasteiger partial charge in [-0.1, -0.05) is 62.7 Å². The summed E-state index contributed by atoms with van der Waals surface area (Å²) in [6.07, 6.45) is 1.08. The molecule has 2 aromatic rings. The molecule has 0 aromatic heterocycles. The fourth-order valence-electron chi connectivity index (χ4n) is 3.11. The number of benzene rings is 2. The Kier molecular flexibility index (Phi) is 7.01. The topological polar surface area (TPSA) is 66.5 Å². The standard InChI is InChI=1S/C22H29ClN2O3S/c1-15(17-10-12-18(13-11-17)22(3,4)5)24-21(26)16(2)25(29(6,27)28)20-9-7-8-19(23)14-20/h7-16H,1-6H3,(H,24,26)/t15-,16-/m1/s1. The van der Waals surface area contributed by atoms with Crippen molar-refractivity contribution in [2.45, 2.75) is 52.1 Å². The van der Waals surface area contributed by atoms with Crippen molar-refractivity contribution in [2.75, 3.05) is 10.6 Å². The van der Waals surface area contributed by atoms with Crippen LogP contribution in [0.25, 0.3) is 0 Å². The van der Waals surface area contributed by atoms with Gasteiger partial charge in [-0.2, -0.15) is 0 Å². The number of sulfonamides is 1. The van der Waals surface area contributed by atoms with E-state index in [1.807, 2.05) is 19.1 Å². The van der Waals surface area contributed by atoms with Gasteiger partial charge in [-0.15, -0.1) is 0 Å². The number of carbonyl (C=O) groups excluding carboxylic acids is 1. The largest absolute Gasteiger partial charge is 0.348 e. The molecular weight excluding hydrogens is 408 g/mol. The summed E-state index contributed by atoms with van der Waals surface area (Å²) in [7, 11) is -3.69. The monoisotopic (exact) mass is 436 g/mol. The van der Waals surface area contributed by atoms with Gasteiger partial charge in [0.05, 0.1) is 18.0 Å². The molecule has 1 N–H and O–H groups in total. The van der Waals surface area contributed by atoms with Crippen molar-refractivity contribution in [3.8, 4) is 0 Å². The molecule has 0 unspecified atom stereocenters. The van der Waals surface area contributed by atoms with E-state index in [0.717, 1.165) is 16.1 Å². The van der Waals surface area contributed by atoms with Crippen molar-refractivity contribution in [3.63, 3.8) is 0 Å². The lowest BCUT2D eigenvalue weighted by Gasteiger charge is -2.29. The second kappa shape index (κ2) is 8.76. The van der Waals surface area contributed by atoms with E-state index in [1.54, 1.807) is 25.1 Å². The highest BCUT2D eigenvalue weighted by molar-refractivity contribution is 7.92. The molecule has 0 saturated carbocycles. The Balaban J connectivity index is 2.21. The second-order valence-corrected chi connectivity index (χ2v) is 10.6. The maximum atomic E-state index is 12.8. The van der Waals surface area contributed by atoms with Crippen LogP contribution < -0.4 is 9.62 Å². The van der Waals surface area contributed by atoms with Gasteiger partial charge in [0.15, 0.2) is 0 Å². The third-order valence-corrected chi connectivity index (χ3v) is 6.26. The predicted octanol–water partition coefficient (Wildman–Crippen LogP) is 4.67. The number of hydrogen-bond donors (Lipinski definition) is 1. The first-order valence-electron chi connectivity index (χ1n) is 9.46. The second-order valence-electron chi connectivity index (χ2n) is 8.32. The molecule has 29 heavy (non-hydrogen) atoms. The van der Waals surface area contributed by atoms with Gasteiger partial charge in [0.2, 0.25) is 15.9 Å². The number of rotatable bonds is 6. The number of nitrogens with zero attached hydrogens (tertiary/aromatic N) is 1. The molecule has 0 bridgehead atoms. The Morgan fingerprint density at radius 1 is 1.07 bits per heavy atom. The smallest absolute Gasteiger partial charge is 0.244 e. The minimum atomic E-state index is -3.69. The highest BCUT2D eigenvalue weighted by Gasteiger charge is 2.30. The van der Waals surface area contributed by atoms with E-state index in [2.05, 4.69) is 38.2 Å². The first kappa shape index (κ1) is 23.2. The molecule has 0 saturated heterocycles. The fourth-order valence-corrected chi connectivity index (χ4v) is 4.46. The maximum Gasteiger partial charge on any atom is 0.244 e. The lowest BCUT2D eigenvalue weighted by Crippen LogP contribution is -2.48. The van der Waals surface area contributed by atoms with Gasteiger partial charge in [-0.05, 0) is 48.6 Å². The van der Waals surface area contributed by atoms with Crippen molar-refractivity contribution < 1.29 is 13.2 Å². The summed E-state index contributed by atoms with van der Waals surface area (Å²) in [6, 6.07) is 13.3. The molecule has 0 aliphatic rings. The Labute approximate surface area is 179 Å². The normalized spacial score (nSPS) is 14.2. The van der Waals surface area contributed by atoms with Gasteiger partial charge in [-0.3, -0.25) is 9.10 Å². The summed E-state index contributed by atoms with van der Waals surface area (Å²) in [5.41, 5.74) is 2.56. The average Bonchev–Trinajstić information content (AvgIpc) is 2.60. The molecular formula is C22H29ClN2O3S. The zero-order chi connectivity index (χ0) is 22.0. The van der Waals surface area contributed by atoms with Crippen LogP contribution in [0.2, 0.25) is 5.02 Å². The minimum absolute atomic E-state index is 0.0481. The van der Waals surface area contributed by atoms with Crippen LogP contribution in [0, 0.1) is 0 Å². The molecule has 5 nitrogen and oxygen atoms in total. The first-order valence-corrected chi connectivity index (χ1v) is 11.7. The van der Waals surface area contributed by atoms with Crippen LogP contribution in [-0.2, 0) is 20.2 Å². The molecule has 1 amide bonds. The molecule has 2 aromatic carbocycles.